The highest BCUT2D eigenvalue weighted by atomic mass is 79.9. The van der Waals surface area contributed by atoms with Crippen molar-refractivity contribution in [2.45, 2.75) is 16.0 Å². The quantitative estimate of drug-likeness (QED) is 0.605. The first-order chi connectivity index (χ1) is 9.84. The number of hydrogen-bond acceptors (Lipinski definition) is 2. The molecular formula is C16H13BrN2S. The Morgan fingerprint density at radius 1 is 1.05 bits per heavy atom. The van der Waals surface area contributed by atoms with Crippen molar-refractivity contribution >= 4 is 38.7 Å². The van der Waals surface area contributed by atoms with Crippen LogP contribution in [-0.2, 0) is 0 Å². The molecule has 1 aliphatic rings. The average Bonchev–Trinajstić information content (AvgIpc) is 2.87. The lowest BCUT2D eigenvalue weighted by atomic mass is 10.0. The summed E-state index contributed by atoms with van der Waals surface area (Å²) in [6.07, 6.45) is 0. The van der Waals surface area contributed by atoms with Crippen LogP contribution >= 0.6 is 27.7 Å². The minimum atomic E-state index is 0.305. The van der Waals surface area contributed by atoms with E-state index in [4.69, 9.17) is 4.98 Å². The van der Waals surface area contributed by atoms with Gasteiger partial charge in [0.15, 0.2) is 5.16 Å². The molecule has 2 aromatic carbocycles. The molecular weight excluding hydrogens is 332 g/mol. The van der Waals surface area contributed by atoms with Crippen LogP contribution in [-0.4, -0.2) is 20.1 Å². The Kier molecular flexibility index (Phi) is 3.08. The van der Waals surface area contributed by atoms with Gasteiger partial charge in [-0.3, -0.25) is 0 Å². The molecule has 0 spiro atoms. The number of imidazole rings is 1. The second kappa shape index (κ2) is 4.93. The fraction of sp³-hybridized carbons (Fsp3) is 0.188. The molecule has 4 rings (SSSR count). The second-order valence-corrected chi connectivity index (χ2v) is 7.10. The van der Waals surface area contributed by atoms with Crippen molar-refractivity contribution in [1.82, 2.24) is 9.55 Å². The number of alkyl halides is 1. The normalized spacial score (nSPS) is 21.9. The number of para-hydroxylation sites is 2. The Morgan fingerprint density at radius 3 is 2.65 bits per heavy atom. The molecule has 0 radical (unpaired) electrons. The van der Waals surface area contributed by atoms with Crippen molar-refractivity contribution in [2.24, 2.45) is 0 Å². The first-order valence-electron chi connectivity index (χ1n) is 6.63. The van der Waals surface area contributed by atoms with Crippen LogP contribution in [0.15, 0.2) is 59.8 Å². The molecule has 0 N–H and O–H groups in total. The van der Waals surface area contributed by atoms with Gasteiger partial charge in [0.2, 0.25) is 0 Å². The molecule has 2 atom stereocenters. The zero-order valence-electron chi connectivity index (χ0n) is 10.7. The summed E-state index contributed by atoms with van der Waals surface area (Å²) in [5.74, 6) is 1.04. The maximum absolute atomic E-state index is 4.77. The van der Waals surface area contributed by atoms with Crippen molar-refractivity contribution in [3.8, 4) is 0 Å². The zero-order valence-corrected chi connectivity index (χ0v) is 13.1. The van der Waals surface area contributed by atoms with Crippen LogP contribution < -0.4 is 0 Å². The van der Waals surface area contributed by atoms with E-state index in [0.717, 1.165) is 16.4 Å². The van der Waals surface area contributed by atoms with Crippen LogP contribution in [0.2, 0.25) is 0 Å². The van der Waals surface area contributed by atoms with Gasteiger partial charge in [-0.1, -0.05) is 70.2 Å². The smallest absolute Gasteiger partial charge is 0.169 e. The van der Waals surface area contributed by atoms with E-state index in [9.17, 15) is 0 Å². The monoisotopic (exact) mass is 344 g/mol. The number of hydrogen-bond donors (Lipinski definition) is 0. The highest BCUT2D eigenvalue weighted by Gasteiger charge is 2.31. The van der Waals surface area contributed by atoms with Gasteiger partial charge in [-0.2, -0.15) is 0 Å². The third-order valence-electron chi connectivity index (χ3n) is 3.70. The molecule has 0 saturated carbocycles. The van der Waals surface area contributed by atoms with Crippen molar-refractivity contribution in [2.75, 3.05) is 5.75 Å². The van der Waals surface area contributed by atoms with Gasteiger partial charge in [0.1, 0.15) is 0 Å². The number of halogens is 1. The summed E-state index contributed by atoms with van der Waals surface area (Å²) < 4.78 is 2.37. The van der Waals surface area contributed by atoms with E-state index >= 15 is 0 Å². The number of thioether (sulfide) groups is 1. The van der Waals surface area contributed by atoms with Crippen LogP contribution in [0, 0.1) is 0 Å². The molecule has 3 aromatic rings. The number of rotatable bonds is 1. The first-order valence-corrected chi connectivity index (χ1v) is 8.53. The van der Waals surface area contributed by atoms with Crippen LogP contribution in [0.3, 0.4) is 0 Å². The van der Waals surface area contributed by atoms with Gasteiger partial charge in [-0.25, -0.2) is 4.98 Å². The summed E-state index contributed by atoms with van der Waals surface area (Å²) >= 11 is 5.69. The van der Waals surface area contributed by atoms with Crippen LogP contribution in [0.1, 0.15) is 11.6 Å². The lowest BCUT2D eigenvalue weighted by Gasteiger charge is -2.30. The van der Waals surface area contributed by atoms with E-state index < -0.39 is 0 Å². The molecule has 20 heavy (non-hydrogen) atoms. The Morgan fingerprint density at radius 2 is 1.80 bits per heavy atom. The topological polar surface area (TPSA) is 17.8 Å². The van der Waals surface area contributed by atoms with E-state index in [2.05, 4.69) is 75.1 Å². The Balaban J connectivity index is 1.97. The van der Waals surface area contributed by atoms with Gasteiger partial charge in [-0.15, -0.1) is 0 Å². The predicted molar refractivity (Wildman–Crippen MR) is 87.8 cm³/mol. The van der Waals surface area contributed by atoms with Crippen molar-refractivity contribution in [1.29, 1.82) is 0 Å². The molecule has 1 aromatic heterocycles. The van der Waals surface area contributed by atoms with Gasteiger partial charge < -0.3 is 4.57 Å². The molecule has 2 nitrogen and oxygen atoms in total. The highest BCUT2D eigenvalue weighted by molar-refractivity contribution is 9.09. The first kappa shape index (κ1) is 12.5. The number of benzene rings is 2. The molecule has 2 heterocycles. The number of fused-ring (bicyclic) bond motifs is 3. The third kappa shape index (κ3) is 1.90. The number of nitrogens with zero attached hydrogens (tertiary/aromatic N) is 2. The Hall–Kier alpha value is -1.26. The second-order valence-electron chi connectivity index (χ2n) is 4.94. The van der Waals surface area contributed by atoms with E-state index in [-0.39, 0.29) is 0 Å². The molecule has 0 bridgehead atoms. The molecule has 0 aliphatic carbocycles. The summed E-state index contributed by atoms with van der Waals surface area (Å²) in [6, 6.07) is 19.4. The maximum Gasteiger partial charge on any atom is 0.169 e. The minimum absolute atomic E-state index is 0.305. The lowest BCUT2D eigenvalue weighted by molar-refractivity contribution is 0.544. The predicted octanol–water partition coefficient (Wildman–Crippen LogP) is 4.49. The van der Waals surface area contributed by atoms with Crippen molar-refractivity contribution < 1.29 is 0 Å². The standard InChI is InChI=1S/C16H13BrN2S/c17-12-10-20-16-18-13-8-4-5-9-14(13)19(16)15(12)11-6-2-1-3-7-11/h1-9,12,15H,10H2/t12-,15-/m1/s1. The summed E-state index contributed by atoms with van der Waals surface area (Å²) in [4.78, 5) is 5.19. The third-order valence-corrected chi connectivity index (χ3v) is 6.02. The van der Waals surface area contributed by atoms with Gasteiger partial charge in [0, 0.05) is 10.6 Å². The van der Waals surface area contributed by atoms with Gasteiger partial charge in [0.05, 0.1) is 17.1 Å². The van der Waals surface area contributed by atoms with Gasteiger partial charge in [-0.05, 0) is 17.7 Å². The average molecular weight is 345 g/mol. The van der Waals surface area contributed by atoms with E-state index in [0.29, 0.717) is 10.9 Å². The summed E-state index contributed by atoms with van der Waals surface area (Å²) in [6.45, 7) is 0. The summed E-state index contributed by atoms with van der Waals surface area (Å²) in [7, 11) is 0. The zero-order chi connectivity index (χ0) is 13.5. The molecule has 0 amide bonds. The van der Waals surface area contributed by atoms with E-state index in [1.165, 1.54) is 11.1 Å². The van der Waals surface area contributed by atoms with Crippen LogP contribution in [0.25, 0.3) is 11.0 Å². The van der Waals surface area contributed by atoms with Crippen LogP contribution in [0.5, 0.6) is 0 Å². The van der Waals surface area contributed by atoms with E-state index in [1.54, 1.807) is 0 Å². The maximum atomic E-state index is 4.77. The fourth-order valence-corrected chi connectivity index (χ4v) is 4.75. The molecule has 4 heteroatoms. The molecule has 100 valence electrons. The van der Waals surface area contributed by atoms with Gasteiger partial charge in [0.25, 0.3) is 0 Å². The minimum Gasteiger partial charge on any atom is -0.310 e. The SMILES string of the molecule is Br[C@@H]1CSc2nc3ccccc3n2[C@@H]1c1ccccc1. The summed E-state index contributed by atoms with van der Waals surface area (Å²) in [5.41, 5.74) is 3.63. The van der Waals surface area contributed by atoms with E-state index in [1.807, 2.05) is 11.8 Å². The lowest BCUT2D eigenvalue weighted by Crippen LogP contribution is -2.27. The van der Waals surface area contributed by atoms with Crippen LogP contribution in [0.4, 0.5) is 0 Å². The van der Waals surface area contributed by atoms with Gasteiger partial charge >= 0.3 is 0 Å². The molecule has 0 unspecified atom stereocenters. The van der Waals surface area contributed by atoms with Crippen molar-refractivity contribution in [3.05, 3.63) is 60.2 Å². The number of aromatic nitrogens is 2. The largest absolute Gasteiger partial charge is 0.310 e. The fourth-order valence-electron chi connectivity index (χ4n) is 2.81. The molecule has 0 saturated heterocycles. The molecule has 0 fully saturated rings. The van der Waals surface area contributed by atoms with Crippen molar-refractivity contribution in [3.63, 3.8) is 0 Å². The Bertz CT molecular complexity index is 754. The Labute approximate surface area is 130 Å². The summed E-state index contributed by atoms with van der Waals surface area (Å²) in [5, 5.41) is 1.12. The highest BCUT2D eigenvalue weighted by Crippen LogP contribution is 2.41. The molecule has 1 aliphatic heterocycles.